The van der Waals surface area contributed by atoms with Crippen molar-refractivity contribution in [2.24, 2.45) is 0 Å². The highest BCUT2D eigenvalue weighted by atomic mass is 19.1. The molecule has 0 N–H and O–H groups in total. The summed E-state index contributed by atoms with van der Waals surface area (Å²) in [5.74, 6) is -0.785. The molecule has 0 atom stereocenters. The van der Waals surface area contributed by atoms with Crippen LogP contribution in [0.1, 0.15) is 21.7 Å². The second kappa shape index (κ2) is 5.74. The molecule has 0 saturated carbocycles. The number of hydrogen-bond donors (Lipinski definition) is 0. The van der Waals surface area contributed by atoms with Gasteiger partial charge in [0.2, 0.25) is 0 Å². The van der Waals surface area contributed by atoms with E-state index in [2.05, 4.69) is 0 Å². The Balaban J connectivity index is 2.19. The summed E-state index contributed by atoms with van der Waals surface area (Å²) in [6.07, 6.45) is 1.51. The van der Waals surface area contributed by atoms with Gasteiger partial charge in [0.25, 0.3) is 11.6 Å². The maximum atomic E-state index is 13.8. The Labute approximate surface area is 119 Å². The van der Waals surface area contributed by atoms with Gasteiger partial charge in [0.1, 0.15) is 11.6 Å². The van der Waals surface area contributed by atoms with Crippen LogP contribution in [0, 0.1) is 22.9 Å². The Morgan fingerprint density at radius 2 is 2.14 bits per heavy atom. The molecule has 0 aliphatic rings. The Kier molecular flexibility index (Phi) is 4.02. The molecule has 0 aliphatic heterocycles. The molecule has 0 aliphatic carbocycles. The molecular formula is C14H13FN2O4. The number of nitro groups is 1. The van der Waals surface area contributed by atoms with E-state index in [4.69, 9.17) is 4.42 Å². The van der Waals surface area contributed by atoms with Crippen LogP contribution in [0.2, 0.25) is 0 Å². The van der Waals surface area contributed by atoms with E-state index in [1.54, 1.807) is 13.0 Å². The number of benzene rings is 1. The number of nitro benzene ring substituents is 1. The van der Waals surface area contributed by atoms with Crippen LogP contribution in [0.4, 0.5) is 10.1 Å². The molecule has 1 heterocycles. The summed E-state index contributed by atoms with van der Waals surface area (Å²) in [4.78, 5) is 23.3. The first-order valence-corrected chi connectivity index (χ1v) is 6.12. The third-order valence-corrected chi connectivity index (χ3v) is 3.11. The molecule has 0 bridgehead atoms. The molecule has 0 spiro atoms. The summed E-state index contributed by atoms with van der Waals surface area (Å²) >= 11 is 0. The van der Waals surface area contributed by atoms with Gasteiger partial charge in [0.15, 0.2) is 0 Å². The first kappa shape index (κ1) is 14.7. The number of aryl methyl sites for hydroxylation is 1. The number of carbonyl (C=O) groups is 1. The monoisotopic (exact) mass is 292 g/mol. The van der Waals surface area contributed by atoms with Crippen molar-refractivity contribution in [3.05, 3.63) is 63.3 Å². The van der Waals surface area contributed by atoms with Crippen LogP contribution in [0.5, 0.6) is 0 Å². The molecule has 1 amide bonds. The van der Waals surface area contributed by atoms with E-state index in [-0.39, 0.29) is 12.1 Å². The van der Waals surface area contributed by atoms with Gasteiger partial charge in [-0.15, -0.1) is 0 Å². The normalized spacial score (nSPS) is 10.4. The van der Waals surface area contributed by atoms with Crippen molar-refractivity contribution in [3.8, 4) is 0 Å². The molecule has 0 radical (unpaired) electrons. The van der Waals surface area contributed by atoms with Crippen molar-refractivity contribution in [1.29, 1.82) is 0 Å². The van der Waals surface area contributed by atoms with Crippen molar-refractivity contribution >= 4 is 11.6 Å². The lowest BCUT2D eigenvalue weighted by molar-refractivity contribution is -0.385. The number of hydrogen-bond acceptors (Lipinski definition) is 4. The molecule has 1 aromatic heterocycles. The Morgan fingerprint density at radius 3 is 2.67 bits per heavy atom. The predicted molar refractivity (Wildman–Crippen MR) is 72.3 cm³/mol. The molecule has 0 fully saturated rings. The lowest BCUT2D eigenvalue weighted by Crippen LogP contribution is -2.27. The third-order valence-electron chi connectivity index (χ3n) is 3.11. The topological polar surface area (TPSA) is 76.6 Å². The van der Waals surface area contributed by atoms with Gasteiger partial charge < -0.3 is 9.32 Å². The molecule has 2 aromatic rings. The average molecular weight is 292 g/mol. The van der Waals surface area contributed by atoms with Gasteiger partial charge in [0.05, 0.1) is 22.8 Å². The van der Waals surface area contributed by atoms with Gasteiger partial charge >= 0.3 is 0 Å². The standard InChI is InChI=1S/C14H13FN2O4/c1-9-10(5-6-21-9)8-16(2)14(18)12-4-3-11(17(19)20)7-13(12)15/h3-7H,8H2,1-2H3. The Morgan fingerprint density at radius 1 is 1.43 bits per heavy atom. The molecule has 21 heavy (non-hydrogen) atoms. The van der Waals surface area contributed by atoms with Crippen LogP contribution in [0.25, 0.3) is 0 Å². The molecule has 7 heteroatoms. The third kappa shape index (κ3) is 3.07. The Hall–Kier alpha value is -2.70. The van der Waals surface area contributed by atoms with Gasteiger partial charge in [-0.3, -0.25) is 14.9 Å². The van der Waals surface area contributed by atoms with Gasteiger partial charge in [-0.25, -0.2) is 4.39 Å². The van der Waals surface area contributed by atoms with E-state index in [1.165, 1.54) is 18.2 Å². The minimum absolute atomic E-state index is 0.204. The van der Waals surface area contributed by atoms with E-state index >= 15 is 0 Å². The minimum Gasteiger partial charge on any atom is -0.469 e. The molecule has 110 valence electrons. The van der Waals surface area contributed by atoms with Crippen LogP contribution in [0.15, 0.2) is 34.9 Å². The first-order valence-electron chi connectivity index (χ1n) is 6.12. The van der Waals surface area contributed by atoms with E-state index in [0.717, 1.165) is 23.8 Å². The fraction of sp³-hybridized carbons (Fsp3) is 0.214. The van der Waals surface area contributed by atoms with Crippen molar-refractivity contribution in [2.45, 2.75) is 13.5 Å². The van der Waals surface area contributed by atoms with Gasteiger partial charge in [-0.05, 0) is 19.1 Å². The van der Waals surface area contributed by atoms with Crippen LogP contribution in [-0.4, -0.2) is 22.8 Å². The number of nitrogens with zero attached hydrogens (tertiary/aromatic N) is 2. The maximum Gasteiger partial charge on any atom is 0.272 e. The van der Waals surface area contributed by atoms with Crippen LogP contribution in [-0.2, 0) is 6.54 Å². The predicted octanol–water partition coefficient (Wildman–Crippen LogP) is 2.91. The zero-order chi connectivity index (χ0) is 15.6. The van der Waals surface area contributed by atoms with Crippen molar-refractivity contribution in [2.75, 3.05) is 7.05 Å². The lowest BCUT2D eigenvalue weighted by Gasteiger charge is -2.17. The molecule has 1 aromatic carbocycles. The molecule has 0 unspecified atom stereocenters. The van der Waals surface area contributed by atoms with E-state index < -0.39 is 22.3 Å². The summed E-state index contributed by atoms with van der Waals surface area (Å²) < 4.78 is 18.9. The zero-order valence-electron chi connectivity index (χ0n) is 11.5. The lowest BCUT2D eigenvalue weighted by atomic mass is 10.1. The first-order chi connectivity index (χ1) is 9.90. The number of non-ortho nitro benzene ring substituents is 1. The van der Waals surface area contributed by atoms with E-state index in [0.29, 0.717) is 5.76 Å². The van der Waals surface area contributed by atoms with E-state index in [9.17, 15) is 19.3 Å². The largest absolute Gasteiger partial charge is 0.469 e. The number of furan rings is 1. The van der Waals surface area contributed by atoms with Crippen molar-refractivity contribution < 1.29 is 18.5 Å². The minimum atomic E-state index is -0.912. The highest BCUT2D eigenvalue weighted by molar-refractivity contribution is 5.94. The van der Waals surface area contributed by atoms with Crippen LogP contribution in [0.3, 0.4) is 0 Å². The Bertz CT molecular complexity index is 696. The fourth-order valence-electron chi connectivity index (χ4n) is 1.90. The highest BCUT2D eigenvalue weighted by Crippen LogP contribution is 2.19. The molecule has 6 nitrogen and oxygen atoms in total. The SMILES string of the molecule is Cc1occc1CN(C)C(=O)c1ccc([N+](=O)[O-])cc1F. The van der Waals surface area contributed by atoms with Gasteiger partial charge in [-0.1, -0.05) is 0 Å². The second-order valence-corrected chi connectivity index (χ2v) is 4.58. The molecule has 2 rings (SSSR count). The summed E-state index contributed by atoms with van der Waals surface area (Å²) in [6.45, 7) is 2.03. The summed E-state index contributed by atoms with van der Waals surface area (Å²) in [6, 6.07) is 4.69. The zero-order valence-corrected chi connectivity index (χ0v) is 11.5. The molecular weight excluding hydrogens is 279 g/mol. The van der Waals surface area contributed by atoms with E-state index in [1.807, 2.05) is 0 Å². The number of halogens is 1. The van der Waals surface area contributed by atoms with Crippen molar-refractivity contribution in [1.82, 2.24) is 4.90 Å². The summed E-state index contributed by atoms with van der Waals surface area (Å²) in [7, 11) is 1.52. The summed E-state index contributed by atoms with van der Waals surface area (Å²) in [5, 5.41) is 10.6. The van der Waals surface area contributed by atoms with Gasteiger partial charge in [0, 0.05) is 25.2 Å². The number of rotatable bonds is 4. The average Bonchev–Trinajstić information content (AvgIpc) is 2.83. The highest BCUT2D eigenvalue weighted by Gasteiger charge is 2.20. The second-order valence-electron chi connectivity index (χ2n) is 4.58. The fourth-order valence-corrected chi connectivity index (χ4v) is 1.90. The quantitative estimate of drug-likeness (QED) is 0.641. The van der Waals surface area contributed by atoms with Crippen molar-refractivity contribution in [3.63, 3.8) is 0 Å². The molecule has 0 saturated heterocycles. The van der Waals surface area contributed by atoms with Crippen LogP contribution >= 0.6 is 0 Å². The van der Waals surface area contributed by atoms with Gasteiger partial charge in [-0.2, -0.15) is 0 Å². The van der Waals surface area contributed by atoms with Crippen LogP contribution < -0.4 is 0 Å². The summed E-state index contributed by atoms with van der Waals surface area (Å²) in [5.41, 5.74) is 0.217. The number of carbonyl (C=O) groups excluding carboxylic acids is 1. The maximum absolute atomic E-state index is 13.8. The smallest absolute Gasteiger partial charge is 0.272 e. The number of amides is 1.